The number of hydrogen-bond acceptors (Lipinski definition) is 4. The summed E-state index contributed by atoms with van der Waals surface area (Å²) >= 11 is 7.71. The van der Waals surface area contributed by atoms with Crippen LogP contribution in [0.25, 0.3) is 11.1 Å². The van der Waals surface area contributed by atoms with Crippen molar-refractivity contribution in [2.75, 3.05) is 26.7 Å². The predicted octanol–water partition coefficient (Wildman–Crippen LogP) is 5.82. The predicted molar refractivity (Wildman–Crippen MR) is 131 cm³/mol. The first kappa shape index (κ1) is 24.1. The molecule has 4 heterocycles. The van der Waals surface area contributed by atoms with E-state index in [4.69, 9.17) is 11.6 Å². The molecule has 0 aliphatic carbocycles. The fourth-order valence-corrected chi connectivity index (χ4v) is 6.46. The molecule has 1 aromatic carbocycles. The number of fused-ring (bicyclic) bond motifs is 1. The minimum Gasteiger partial charge on any atom is -0.333 e. The molecule has 2 aromatic heterocycles. The molecule has 0 radical (unpaired) electrons. The maximum absolute atomic E-state index is 14.2. The number of thiophene rings is 1. The number of carbonyl (C=O) groups excluding carboxylic acids is 1. The molecule has 1 saturated heterocycles. The number of halogens is 4. The second-order valence-electron chi connectivity index (χ2n) is 9.07. The Morgan fingerprint density at radius 3 is 2.69 bits per heavy atom. The molecule has 3 aromatic rings. The summed E-state index contributed by atoms with van der Waals surface area (Å²) in [5.74, 6) is -0.554. The minimum atomic E-state index is -4.60. The Balaban J connectivity index is 1.64. The average Bonchev–Trinajstić information content (AvgIpc) is 3.54. The zero-order valence-electron chi connectivity index (χ0n) is 19.1. The zero-order valence-corrected chi connectivity index (χ0v) is 20.6. The van der Waals surface area contributed by atoms with E-state index in [-0.39, 0.29) is 23.4 Å². The SMILES string of the molecule is C=CC(=O)N1Cc2sc(Cl)cc2C(c2ccccc2-c2cn(C3CCN(C)C3)nc2C(F)(F)F)C1. The Bertz CT molecular complexity index is 1280. The van der Waals surface area contributed by atoms with Gasteiger partial charge >= 0.3 is 6.18 Å². The van der Waals surface area contributed by atoms with E-state index in [9.17, 15) is 18.0 Å². The van der Waals surface area contributed by atoms with Gasteiger partial charge in [0.2, 0.25) is 5.91 Å². The van der Waals surface area contributed by atoms with E-state index in [0.29, 0.717) is 35.1 Å². The summed E-state index contributed by atoms with van der Waals surface area (Å²) in [6.07, 6.45) is -1.07. The van der Waals surface area contributed by atoms with E-state index in [0.717, 1.165) is 23.4 Å². The van der Waals surface area contributed by atoms with E-state index >= 15 is 0 Å². The van der Waals surface area contributed by atoms with Crippen LogP contribution in [0.4, 0.5) is 13.2 Å². The van der Waals surface area contributed by atoms with E-state index in [1.54, 1.807) is 17.0 Å². The number of aromatic nitrogens is 2. The van der Waals surface area contributed by atoms with Crippen molar-refractivity contribution in [2.24, 2.45) is 0 Å². The van der Waals surface area contributed by atoms with Crippen LogP contribution in [0.15, 0.2) is 49.2 Å². The molecule has 2 atom stereocenters. The van der Waals surface area contributed by atoms with Crippen molar-refractivity contribution in [1.82, 2.24) is 19.6 Å². The lowest BCUT2D eigenvalue weighted by atomic mass is 9.84. The molecule has 10 heteroatoms. The Labute approximate surface area is 210 Å². The molecule has 2 aliphatic heterocycles. The van der Waals surface area contributed by atoms with Crippen molar-refractivity contribution in [3.8, 4) is 11.1 Å². The van der Waals surface area contributed by atoms with Crippen LogP contribution in [0.2, 0.25) is 4.34 Å². The normalized spacial score (nSPS) is 20.8. The lowest BCUT2D eigenvalue weighted by Gasteiger charge is -2.33. The van der Waals surface area contributed by atoms with Crippen LogP contribution in [0.3, 0.4) is 0 Å². The van der Waals surface area contributed by atoms with Crippen LogP contribution in [-0.2, 0) is 17.5 Å². The van der Waals surface area contributed by atoms with Gasteiger partial charge < -0.3 is 9.80 Å². The number of amides is 1. The van der Waals surface area contributed by atoms with Gasteiger partial charge in [-0.25, -0.2) is 0 Å². The zero-order chi connectivity index (χ0) is 24.9. The molecule has 0 bridgehead atoms. The van der Waals surface area contributed by atoms with Crippen LogP contribution in [0.5, 0.6) is 0 Å². The largest absolute Gasteiger partial charge is 0.435 e. The van der Waals surface area contributed by atoms with Crippen molar-refractivity contribution in [3.05, 3.63) is 75.2 Å². The van der Waals surface area contributed by atoms with Crippen molar-refractivity contribution < 1.29 is 18.0 Å². The van der Waals surface area contributed by atoms with Gasteiger partial charge in [0, 0.05) is 35.6 Å². The second-order valence-corrected chi connectivity index (χ2v) is 10.8. The average molecular weight is 521 g/mol. The molecule has 2 aliphatic rings. The maximum Gasteiger partial charge on any atom is 0.435 e. The van der Waals surface area contributed by atoms with Crippen LogP contribution in [-0.4, -0.2) is 52.2 Å². The van der Waals surface area contributed by atoms with Gasteiger partial charge in [-0.2, -0.15) is 18.3 Å². The lowest BCUT2D eigenvalue weighted by molar-refractivity contribution is -0.141. The first-order chi connectivity index (χ1) is 16.7. The number of carbonyl (C=O) groups is 1. The van der Waals surface area contributed by atoms with Gasteiger partial charge in [0.25, 0.3) is 0 Å². The van der Waals surface area contributed by atoms with Gasteiger partial charge in [-0.15, -0.1) is 11.3 Å². The van der Waals surface area contributed by atoms with E-state index < -0.39 is 11.9 Å². The van der Waals surface area contributed by atoms with Crippen molar-refractivity contribution in [2.45, 2.75) is 31.1 Å². The third-order valence-electron chi connectivity index (χ3n) is 6.78. The Morgan fingerprint density at radius 1 is 1.23 bits per heavy atom. The lowest BCUT2D eigenvalue weighted by Crippen LogP contribution is -2.37. The highest BCUT2D eigenvalue weighted by Crippen LogP contribution is 2.45. The van der Waals surface area contributed by atoms with Crippen LogP contribution < -0.4 is 0 Å². The highest BCUT2D eigenvalue weighted by Gasteiger charge is 2.40. The molecule has 35 heavy (non-hydrogen) atoms. The summed E-state index contributed by atoms with van der Waals surface area (Å²) in [5.41, 5.74) is 1.27. The first-order valence-electron chi connectivity index (χ1n) is 11.3. The van der Waals surface area contributed by atoms with E-state index in [2.05, 4.69) is 16.6 Å². The van der Waals surface area contributed by atoms with E-state index in [1.165, 1.54) is 28.3 Å². The van der Waals surface area contributed by atoms with Gasteiger partial charge in [-0.3, -0.25) is 9.48 Å². The summed E-state index contributed by atoms with van der Waals surface area (Å²) in [6.45, 7) is 5.78. The number of hydrogen-bond donors (Lipinski definition) is 0. The highest BCUT2D eigenvalue weighted by atomic mass is 35.5. The smallest absolute Gasteiger partial charge is 0.333 e. The number of benzene rings is 1. The van der Waals surface area contributed by atoms with Gasteiger partial charge in [0.15, 0.2) is 5.69 Å². The third-order valence-corrected chi connectivity index (χ3v) is 8.04. The first-order valence-corrected chi connectivity index (χ1v) is 12.5. The topological polar surface area (TPSA) is 41.4 Å². The molecule has 5 rings (SSSR count). The fourth-order valence-electron chi connectivity index (χ4n) is 5.11. The van der Waals surface area contributed by atoms with Crippen LogP contribution in [0.1, 0.15) is 40.1 Å². The number of nitrogens with zero attached hydrogens (tertiary/aromatic N) is 4. The molecule has 1 fully saturated rings. The maximum atomic E-state index is 14.2. The molecule has 5 nitrogen and oxygen atoms in total. The van der Waals surface area contributed by atoms with Gasteiger partial charge in [0.05, 0.1) is 16.9 Å². The number of alkyl halides is 3. The number of likely N-dealkylation sites (N-methyl/N-ethyl adjacent to an activating group) is 1. The number of likely N-dealkylation sites (tertiary alicyclic amines) is 1. The molecule has 184 valence electrons. The van der Waals surface area contributed by atoms with Crippen LogP contribution >= 0.6 is 22.9 Å². The Morgan fingerprint density at radius 2 is 2.00 bits per heavy atom. The molecular weight excluding hydrogens is 497 g/mol. The number of rotatable bonds is 4. The van der Waals surface area contributed by atoms with Crippen molar-refractivity contribution in [1.29, 1.82) is 0 Å². The van der Waals surface area contributed by atoms with Crippen LogP contribution in [0, 0.1) is 0 Å². The van der Waals surface area contributed by atoms with E-state index in [1.807, 2.05) is 25.2 Å². The quantitative estimate of drug-likeness (QED) is 0.407. The molecule has 0 N–H and O–H groups in total. The summed E-state index contributed by atoms with van der Waals surface area (Å²) in [7, 11) is 1.95. The molecular formula is C25H24ClF3N4OS. The van der Waals surface area contributed by atoms with Gasteiger partial charge in [0.1, 0.15) is 0 Å². The monoisotopic (exact) mass is 520 g/mol. The third kappa shape index (κ3) is 4.52. The molecule has 0 spiro atoms. The van der Waals surface area contributed by atoms with Gasteiger partial charge in [-0.05, 0) is 48.8 Å². The van der Waals surface area contributed by atoms with Crippen molar-refractivity contribution in [3.63, 3.8) is 0 Å². The van der Waals surface area contributed by atoms with Crippen molar-refractivity contribution >= 4 is 28.8 Å². The molecule has 2 unspecified atom stereocenters. The Kier molecular flexibility index (Phi) is 6.27. The summed E-state index contributed by atoms with van der Waals surface area (Å²) < 4.78 is 44.6. The summed E-state index contributed by atoms with van der Waals surface area (Å²) in [6, 6.07) is 8.83. The fraction of sp³-hybridized carbons (Fsp3) is 0.360. The Hall–Kier alpha value is -2.62. The minimum absolute atomic E-state index is 0.0534. The summed E-state index contributed by atoms with van der Waals surface area (Å²) in [4.78, 5) is 17.2. The molecule has 1 amide bonds. The summed E-state index contributed by atoms with van der Waals surface area (Å²) in [5, 5.41) is 4.03. The highest BCUT2D eigenvalue weighted by molar-refractivity contribution is 7.16. The second kappa shape index (κ2) is 9.11. The van der Waals surface area contributed by atoms with Gasteiger partial charge in [-0.1, -0.05) is 42.4 Å². The standard InChI is InChI=1S/C25H24ClF3N4OS/c1-3-23(34)32-12-19(18-10-22(26)35-21(18)14-32)16-6-4-5-7-17(16)20-13-33(15-8-9-31(2)11-15)30-24(20)25(27,28)29/h3-7,10,13,15,19H,1,8-9,11-12,14H2,2H3. The molecule has 0 saturated carbocycles.